The van der Waals surface area contributed by atoms with Crippen molar-refractivity contribution in [2.45, 2.75) is 45.2 Å². The molecule has 0 spiro atoms. The van der Waals surface area contributed by atoms with Crippen molar-refractivity contribution in [2.24, 2.45) is 0 Å². The van der Waals surface area contributed by atoms with Gasteiger partial charge in [-0.15, -0.1) is 11.6 Å². The second-order valence-electron chi connectivity index (χ2n) is 9.14. The smallest absolute Gasteiger partial charge is 0.336 e. The number of carboxylic acids is 1. The molecule has 0 aliphatic carbocycles. The Morgan fingerprint density at radius 2 is 1.74 bits per heavy atom. The van der Waals surface area contributed by atoms with E-state index < -0.39 is 17.9 Å². The number of imidazole rings is 1. The molecule has 0 saturated carbocycles. The van der Waals surface area contributed by atoms with Gasteiger partial charge in [0.25, 0.3) is 5.91 Å². The van der Waals surface area contributed by atoms with Crippen molar-refractivity contribution < 1.29 is 14.7 Å². The van der Waals surface area contributed by atoms with E-state index in [0.29, 0.717) is 25.1 Å². The van der Waals surface area contributed by atoms with Crippen LogP contribution in [0.4, 0.5) is 0 Å². The third-order valence-electron chi connectivity index (χ3n) is 6.60. The Hall–Kier alpha value is -3.97. The van der Waals surface area contributed by atoms with Crippen molar-refractivity contribution in [3.8, 4) is 11.1 Å². The number of aromatic carboxylic acids is 1. The second kappa shape index (κ2) is 12.5. The van der Waals surface area contributed by atoms with Gasteiger partial charge in [0.15, 0.2) is 0 Å². The first-order chi connectivity index (χ1) is 18.4. The average Bonchev–Trinajstić information content (AvgIpc) is 3.33. The number of nitrogens with zero attached hydrogens (tertiary/aromatic N) is 2. The second-order valence-corrected chi connectivity index (χ2v) is 9.41. The van der Waals surface area contributed by atoms with E-state index in [0.717, 1.165) is 40.8 Å². The van der Waals surface area contributed by atoms with Crippen molar-refractivity contribution in [3.05, 3.63) is 89.7 Å². The van der Waals surface area contributed by atoms with Gasteiger partial charge >= 0.3 is 5.97 Å². The maximum absolute atomic E-state index is 13.5. The molecule has 1 heterocycles. The van der Waals surface area contributed by atoms with Gasteiger partial charge < -0.3 is 20.4 Å². The van der Waals surface area contributed by atoms with Gasteiger partial charge in [-0.1, -0.05) is 55.0 Å². The summed E-state index contributed by atoms with van der Waals surface area (Å²) < 4.78 is 2.08. The minimum Gasteiger partial charge on any atom is -0.478 e. The number of amides is 1. The van der Waals surface area contributed by atoms with Crippen LogP contribution in [-0.2, 0) is 6.54 Å². The van der Waals surface area contributed by atoms with E-state index in [2.05, 4.69) is 9.88 Å². The fourth-order valence-corrected chi connectivity index (χ4v) is 4.81. The van der Waals surface area contributed by atoms with Gasteiger partial charge in [-0.25, -0.2) is 9.78 Å². The van der Waals surface area contributed by atoms with Crippen molar-refractivity contribution >= 4 is 40.2 Å². The predicted molar refractivity (Wildman–Crippen MR) is 151 cm³/mol. The summed E-state index contributed by atoms with van der Waals surface area (Å²) in [5.74, 6) is -0.685. The quantitative estimate of drug-likeness (QED) is 0.107. The third kappa shape index (κ3) is 6.11. The number of rotatable bonds is 12. The van der Waals surface area contributed by atoms with E-state index in [1.54, 1.807) is 18.2 Å². The number of fused-ring (bicyclic) bond motifs is 1. The molecule has 38 heavy (non-hydrogen) atoms. The zero-order valence-corrected chi connectivity index (χ0v) is 22.0. The highest BCUT2D eigenvalue weighted by Gasteiger charge is 2.25. The largest absolute Gasteiger partial charge is 0.478 e. The van der Waals surface area contributed by atoms with E-state index >= 15 is 0 Å². The number of aryl methyl sites for hydroxylation is 1. The minimum absolute atomic E-state index is 0.0536. The molecule has 4 rings (SSSR count). The fraction of sp³-hybridized carbons (Fsp3) is 0.267. The summed E-state index contributed by atoms with van der Waals surface area (Å²) in [6.07, 6.45) is 2.69. The van der Waals surface area contributed by atoms with Crippen LogP contribution in [0.25, 0.3) is 22.2 Å². The number of halogens is 1. The molecule has 0 fully saturated rings. The van der Waals surface area contributed by atoms with E-state index in [-0.39, 0.29) is 17.0 Å². The van der Waals surface area contributed by atoms with E-state index in [1.165, 1.54) is 0 Å². The fourth-order valence-electron chi connectivity index (χ4n) is 4.68. The van der Waals surface area contributed by atoms with Gasteiger partial charge in [0.1, 0.15) is 5.82 Å². The Morgan fingerprint density at radius 3 is 2.45 bits per heavy atom. The molecule has 0 radical (unpaired) electrons. The molecule has 0 saturated heterocycles. The van der Waals surface area contributed by atoms with Gasteiger partial charge in [-0.2, -0.15) is 0 Å². The van der Waals surface area contributed by atoms with Gasteiger partial charge in [0.2, 0.25) is 0 Å². The number of unbranched alkanes of at least 4 members (excludes halogenated alkanes) is 1. The first-order valence-corrected chi connectivity index (χ1v) is 13.3. The number of aromatic nitrogens is 2. The average molecular weight is 531 g/mol. The van der Waals surface area contributed by atoms with Crippen LogP contribution in [0.2, 0.25) is 0 Å². The van der Waals surface area contributed by atoms with Crippen molar-refractivity contribution in [2.75, 3.05) is 5.88 Å². The molecule has 1 amide bonds. The molecular weight excluding hydrogens is 500 g/mol. The number of para-hydroxylation sites is 2. The molecular formula is C30H31ClN4O3. The molecule has 0 aliphatic heterocycles. The number of carbonyl (C=O) groups is 2. The Bertz CT molecular complexity index is 1450. The number of hydrogen-bond acceptors (Lipinski definition) is 4. The van der Waals surface area contributed by atoms with Crippen LogP contribution < -0.4 is 5.32 Å². The van der Waals surface area contributed by atoms with Gasteiger partial charge in [-0.05, 0) is 61.6 Å². The highest BCUT2D eigenvalue weighted by Crippen LogP contribution is 2.27. The maximum atomic E-state index is 13.5. The van der Waals surface area contributed by atoms with E-state index in [1.807, 2.05) is 61.5 Å². The molecule has 3 N–H and O–H groups in total. The standard InChI is InChI=1S/C30H31ClN4O3/c1-2-35-27-15-9-8-13-25(27)33-28(35)26(14-7-6-12-22(32)19-31)34-29(36)23-17-16-21(18-24(23)30(37)38)20-10-4-3-5-11-20/h3-5,8-11,13,15-18,26,32H,2,6-7,12,14,19H2,1H3,(H,34,36)(H,37,38)/t26-/m0/s1. The maximum Gasteiger partial charge on any atom is 0.336 e. The molecule has 1 aromatic heterocycles. The Labute approximate surface area is 227 Å². The van der Waals surface area contributed by atoms with Crippen LogP contribution in [0.1, 0.15) is 65.2 Å². The molecule has 7 nitrogen and oxygen atoms in total. The monoisotopic (exact) mass is 530 g/mol. The molecule has 4 aromatic rings. The lowest BCUT2D eigenvalue weighted by Gasteiger charge is -2.20. The lowest BCUT2D eigenvalue weighted by atomic mass is 9.98. The summed E-state index contributed by atoms with van der Waals surface area (Å²) >= 11 is 5.76. The Morgan fingerprint density at radius 1 is 1.00 bits per heavy atom. The van der Waals surface area contributed by atoms with Crippen LogP contribution in [0.15, 0.2) is 72.8 Å². The zero-order chi connectivity index (χ0) is 27.1. The van der Waals surface area contributed by atoms with Crippen LogP contribution in [0.3, 0.4) is 0 Å². The van der Waals surface area contributed by atoms with E-state index in [9.17, 15) is 14.7 Å². The number of benzene rings is 3. The predicted octanol–water partition coefficient (Wildman–Crippen LogP) is 6.71. The molecule has 1 atom stereocenters. The van der Waals surface area contributed by atoms with Crippen LogP contribution in [-0.4, -0.2) is 38.1 Å². The summed E-state index contributed by atoms with van der Waals surface area (Å²) in [5.41, 5.74) is 3.95. The minimum atomic E-state index is -1.16. The van der Waals surface area contributed by atoms with Gasteiger partial charge in [0, 0.05) is 12.3 Å². The zero-order valence-electron chi connectivity index (χ0n) is 21.3. The van der Waals surface area contributed by atoms with Crippen molar-refractivity contribution in [3.63, 3.8) is 0 Å². The topological polar surface area (TPSA) is 108 Å². The molecule has 196 valence electrons. The summed E-state index contributed by atoms with van der Waals surface area (Å²) in [7, 11) is 0. The van der Waals surface area contributed by atoms with Crippen molar-refractivity contribution in [1.82, 2.24) is 14.9 Å². The SMILES string of the molecule is CCn1c([C@H](CCCCC(=N)CCl)NC(=O)c2ccc(-c3ccccc3)cc2C(=O)O)nc2ccccc21. The van der Waals surface area contributed by atoms with Crippen LogP contribution >= 0.6 is 11.6 Å². The summed E-state index contributed by atoms with van der Waals surface area (Å²) in [6.45, 7) is 2.70. The normalized spacial score (nSPS) is 11.8. The lowest BCUT2D eigenvalue weighted by molar-refractivity contribution is 0.0690. The van der Waals surface area contributed by atoms with Gasteiger partial charge in [-0.3, -0.25) is 4.79 Å². The molecule has 0 aliphatic rings. The van der Waals surface area contributed by atoms with Crippen molar-refractivity contribution in [1.29, 1.82) is 5.41 Å². The molecule has 0 unspecified atom stereocenters. The Kier molecular flexibility index (Phi) is 8.92. The summed E-state index contributed by atoms with van der Waals surface area (Å²) in [4.78, 5) is 30.5. The van der Waals surface area contributed by atoms with Crippen LogP contribution in [0, 0.1) is 5.41 Å². The molecule has 3 aromatic carbocycles. The van der Waals surface area contributed by atoms with Crippen LogP contribution in [0.5, 0.6) is 0 Å². The third-order valence-corrected chi connectivity index (χ3v) is 6.92. The first-order valence-electron chi connectivity index (χ1n) is 12.7. The van der Waals surface area contributed by atoms with E-state index in [4.69, 9.17) is 22.0 Å². The number of nitrogens with one attached hydrogen (secondary N) is 2. The molecule has 8 heteroatoms. The highest BCUT2D eigenvalue weighted by molar-refractivity contribution is 6.28. The number of carboxylic acid groups (broad SMARTS) is 1. The number of hydrogen-bond donors (Lipinski definition) is 3. The lowest BCUT2D eigenvalue weighted by Crippen LogP contribution is -2.31. The summed E-state index contributed by atoms with van der Waals surface area (Å²) in [6, 6.07) is 21.7. The molecule has 0 bridgehead atoms. The Balaban J connectivity index is 1.65. The highest BCUT2D eigenvalue weighted by atomic mass is 35.5. The summed E-state index contributed by atoms with van der Waals surface area (Å²) in [5, 5.41) is 20.8. The first kappa shape index (κ1) is 27.1. The number of alkyl halides is 1. The number of carbonyl (C=O) groups excluding carboxylic acids is 1. The van der Waals surface area contributed by atoms with Gasteiger partial charge in [0.05, 0.1) is 34.1 Å².